The van der Waals surface area contributed by atoms with Crippen LogP contribution in [0.5, 0.6) is 0 Å². The molecule has 0 aliphatic rings. The molecule has 0 fully saturated rings. The molecule has 3 aromatic carbocycles. The molecule has 164 valence electrons. The molecule has 0 aliphatic carbocycles. The second-order valence-electron chi connectivity index (χ2n) is 8.55. The molecule has 1 N–H and O–H groups in total. The SMILES string of the molecule is CCCCCCc1ccc(-c2ccc(-c3ccc(CCO)cc3CC)cc2CC)cc1. The van der Waals surface area contributed by atoms with Gasteiger partial charge >= 0.3 is 0 Å². The lowest BCUT2D eigenvalue weighted by Crippen LogP contribution is -1.96. The summed E-state index contributed by atoms with van der Waals surface area (Å²) in [7, 11) is 0. The molecular formula is C30H38O. The fourth-order valence-corrected chi connectivity index (χ4v) is 4.45. The van der Waals surface area contributed by atoms with E-state index in [9.17, 15) is 5.11 Å². The molecule has 0 atom stereocenters. The average Bonchev–Trinajstić information content (AvgIpc) is 2.82. The van der Waals surface area contributed by atoms with Gasteiger partial charge in [0.2, 0.25) is 0 Å². The predicted octanol–water partition coefficient (Wildman–Crippen LogP) is 7.80. The molecule has 0 saturated heterocycles. The Morgan fingerprint density at radius 1 is 0.581 bits per heavy atom. The van der Waals surface area contributed by atoms with Crippen molar-refractivity contribution in [3.63, 3.8) is 0 Å². The van der Waals surface area contributed by atoms with Crippen LogP contribution in [0.3, 0.4) is 0 Å². The van der Waals surface area contributed by atoms with Crippen molar-refractivity contribution < 1.29 is 5.11 Å². The Morgan fingerprint density at radius 2 is 1.19 bits per heavy atom. The number of aliphatic hydroxyl groups is 1. The molecule has 0 heterocycles. The molecule has 0 spiro atoms. The highest BCUT2D eigenvalue weighted by Gasteiger charge is 2.10. The Labute approximate surface area is 189 Å². The van der Waals surface area contributed by atoms with Gasteiger partial charge < -0.3 is 5.11 Å². The molecule has 3 rings (SSSR count). The van der Waals surface area contributed by atoms with Gasteiger partial charge in [-0.1, -0.05) is 101 Å². The van der Waals surface area contributed by atoms with Crippen LogP contribution in [0.15, 0.2) is 60.7 Å². The largest absolute Gasteiger partial charge is 0.396 e. The van der Waals surface area contributed by atoms with E-state index in [0.29, 0.717) is 0 Å². The summed E-state index contributed by atoms with van der Waals surface area (Å²) in [4.78, 5) is 0. The molecule has 0 unspecified atom stereocenters. The second-order valence-corrected chi connectivity index (χ2v) is 8.55. The van der Waals surface area contributed by atoms with Crippen LogP contribution in [0.4, 0.5) is 0 Å². The van der Waals surface area contributed by atoms with Crippen LogP contribution in [-0.4, -0.2) is 11.7 Å². The number of unbranched alkanes of at least 4 members (excludes halogenated alkanes) is 3. The van der Waals surface area contributed by atoms with Crippen molar-refractivity contribution in [1.82, 2.24) is 0 Å². The number of rotatable bonds is 11. The quantitative estimate of drug-likeness (QED) is 0.317. The average molecular weight is 415 g/mol. The fourth-order valence-electron chi connectivity index (χ4n) is 4.45. The summed E-state index contributed by atoms with van der Waals surface area (Å²) in [5.41, 5.74) is 10.7. The van der Waals surface area contributed by atoms with Gasteiger partial charge in [-0.15, -0.1) is 0 Å². The van der Waals surface area contributed by atoms with E-state index in [1.54, 1.807) is 0 Å². The second kappa shape index (κ2) is 11.9. The first kappa shape index (κ1) is 23.3. The highest BCUT2D eigenvalue weighted by molar-refractivity contribution is 5.75. The van der Waals surface area contributed by atoms with E-state index in [2.05, 4.69) is 81.4 Å². The van der Waals surface area contributed by atoms with Crippen molar-refractivity contribution >= 4 is 0 Å². The van der Waals surface area contributed by atoms with Gasteiger partial charge in [0.25, 0.3) is 0 Å². The zero-order valence-electron chi connectivity index (χ0n) is 19.6. The van der Waals surface area contributed by atoms with Gasteiger partial charge in [0, 0.05) is 6.61 Å². The summed E-state index contributed by atoms with van der Waals surface area (Å²) < 4.78 is 0. The molecule has 1 nitrogen and oxygen atoms in total. The van der Waals surface area contributed by atoms with Crippen molar-refractivity contribution in [2.24, 2.45) is 0 Å². The molecule has 0 aliphatic heterocycles. The first-order valence-corrected chi connectivity index (χ1v) is 12.1. The minimum absolute atomic E-state index is 0.203. The fraction of sp³-hybridized carbons (Fsp3) is 0.400. The Bertz CT molecular complexity index is 953. The highest BCUT2D eigenvalue weighted by Crippen LogP contribution is 2.32. The third-order valence-corrected chi connectivity index (χ3v) is 6.33. The first-order chi connectivity index (χ1) is 15.2. The number of benzene rings is 3. The van der Waals surface area contributed by atoms with Gasteiger partial charge in [0.05, 0.1) is 0 Å². The van der Waals surface area contributed by atoms with Crippen LogP contribution in [0.25, 0.3) is 22.3 Å². The molecule has 31 heavy (non-hydrogen) atoms. The van der Waals surface area contributed by atoms with Gasteiger partial charge in [-0.2, -0.15) is 0 Å². The lowest BCUT2D eigenvalue weighted by molar-refractivity contribution is 0.299. The molecule has 3 aromatic rings. The summed E-state index contributed by atoms with van der Waals surface area (Å²) in [5, 5.41) is 9.26. The van der Waals surface area contributed by atoms with E-state index in [0.717, 1.165) is 19.3 Å². The number of hydrogen-bond acceptors (Lipinski definition) is 1. The topological polar surface area (TPSA) is 20.2 Å². The van der Waals surface area contributed by atoms with E-state index < -0.39 is 0 Å². The van der Waals surface area contributed by atoms with E-state index in [-0.39, 0.29) is 6.61 Å². The van der Waals surface area contributed by atoms with Crippen LogP contribution < -0.4 is 0 Å². The summed E-state index contributed by atoms with van der Waals surface area (Å²) in [6, 6.07) is 22.8. The monoisotopic (exact) mass is 414 g/mol. The third-order valence-electron chi connectivity index (χ3n) is 6.33. The maximum Gasteiger partial charge on any atom is 0.0471 e. The maximum atomic E-state index is 9.26. The van der Waals surface area contributed by atoms with Gasteiger partial charge in [-0.25, -0.2) is 0 Å². The molecular weight excluding hydrogens is 376 g/mol. The van der Waals surface area contributed by atoms with Gasteiger partial charge in [-0.05, 0) is 76.6 Å². The smallest absolute Gasteiger partial charge is 0.0471 e. The zero-order valence-corrected chi connectivity index (χ0v) is 19.6. The number of hydrogen-bond donors (Lipinski definition) is 1. The van der Waals surface area contributed by atoms with Gasteiger partial charge in [0.15, 0.2) is 0 Å². The summed E-state index contributed by atoms with van der Waals surface area (Å²) >= 11 is 0. The van der Waals surface area contributed by atoms with Crippen LogP contribution in [0.1, 0.15) is 68.7 Å². The van der Waals surface area contributed by atoms with Crippen LogP contribution >= 0.6 is 0 Å². The standard InChI is InChI=1S/C30H38O/c1-4-7-8-9-10-23-11-14-27(15-12-23)29-18-16-28(22-26(29)6-3)30-17-13-24(19-20-31)21-25(30)5-2/h11-18,21-22,31H,4-10,19-20H2,1-3H3. The Morgan fingerprint density at radius 3 is 1.87 bits per heavy atom. The summed E-state index contributed by atoms with van der Waals surface area (Å²) in [6.07, 6.45) is 9.19. The van der Waals surface area contributed by atoms with E-state index in [4.69, 9.17) is 0 Å². The van der Waals surface area contributed by atoms with Crippen molar-refractivity contribution in [3.8, 4) is 22.3 Å². The van der Waals surface area contributed by atoms with E-state index in [1.165, 1.54) is 76.6 Å². The van der Waals surface area contributed by atoms with Crippen molar-refractivity contribution in [2.45, 2.75) is 72.1 Å². The Hall–Kier alpha value is -2.38. The Kier molecular flexibility index (Phi) is 8.91. The van der Waals surface area contributed by atoms with E-state index >= 15 is 0 Å². The van der Waals surface area contributed by atoms with Gasteiger partial charge in [-0.3, -0.25) is 0 Å². The minimum Gasteiger partial charge on any atom is -0.396 e. The summed E-state index contributed by atoms with van der Waals surface area (Å²) in [6.45, 7) is 6.92. The lowest BCUT2D eigenvalue weighted by Gasteiger charge is -2.15. The highest BCUT2D eigenvalue weighted by atomic mass is 16.2. The van der Waals surface area contributed by atoms with E-state index in [1.807, 2.05) is 0 Å². The molecule has 0 bridgehead atoms. The molecule has 0 aromatic heterocycles. The number of aliphatic hydroxyl groups excluding tert-OH is 1. The molecule has 0 saturated carbocycles. The summed E-state index contributed by atoms with van der Waals surface area (Å²) in [5.74, 6) is 0. The third kappa shape index (κ3) is 6.08. The lowest BCUT2D eigenvalue weighted by atomic mass is 9.90. The normalized spacial score (nSPS) is 11.1. The molecule has 0 amide bonds. The van der Waals surface area contributed by atoms with Gasteiger partial charge in [0.1, 0.15) is 0 Å². The van der Waals surface area contributed by atoms with Crippen LogP contribution in [0.2, 0.25) is 0 Å². The van der Waals surface area contributed by atoms with Crippen LogP contribution in [-0.2, 0) is 25.7 Å². The first-order valence-electron chi connectivity index (χ1n) is 12.1. The minimum atomic E-state index is 0.203. The van der Waals surface area contributed by atoms with Crippen molar-refractivity contribution in [1.29, 1.82) is 0 Å². The van der Waals surface area contributed by atoms with Crippen molar-refractivity contribution in [2.75, 3.05) is 6.61 Å². The molecule has 1 heteroatoms. The van der Waals surface area contributed by atoms with Crippen molar-refractivity contribution in [3.05, 3.63) is 82.9 Å². The predicted molar refractivity (Wildman–Crippen MR) is 135 cm³/mol. The number of aryl methyl sites for hydroxylation is 3. The Balaban J connectivity index is 1.83. The maximum absolute atomic E-state index is 9.26. The van der Waals surface area contributed by atoms with Crippen LogP contribution in [0, 0.1) is 0 Å². The zero-order chi connectivity index (χ0) is 22.1. The molecule has 0 radical (unpaired) electrons.